The zero-order valence-corrected chi connectivity index (χ0v) is 22.8. The Balaban J connectivity index is 1.44. The third kappa shape index (κ3) is 5.87. The van der Waals surface area contributed by atoms with Gasteiger partial charge in [0.15, 0.2) is 0 Å². The van der Waals surface area contributed by atoms with E-state index >= 15 is 0 Å². The van der Waals surface area contributed by atoms with Crippen LogP contribution in [0, 0.1) is 5.82 Å². The van der Waals surface area contributed by atoms with Gasteiger partial charge < -0.3 is 4.90 Å². The highest BCUT2D eigenvalue weighted by Gasteiger charge is 2.35. The lowest BCUT2D eigenvalue weighted by Gasteiger charge is -2.44. The molecule has 0 amide bonds. The Kier molecular flexibility index (Phi) is 8.28. The lowest BCUT2D eigenvalue weighted by atomic mass is 9.89. The van der Waals surface area contributed by atoms with Crippen LogP contribution >= 0.6 is 11.6 Å². The summed E-state index contributed by atoms with van der Waals surface area (Å²) in [5, 5.41) is 0.362. The Morgan fingerprint density at radius 1 is 0.917 bits per heavy atom. The van der Waals surface area contributed by atoms with Crippen LogP contribution in [0.25, 0.3) is 0 Å². The summed E-state index contributed by atoms with van der Waals surface area (Å²) in [7, 11) is -4.62. The van der Waals surface area contributed by atoms with Crippen LogP contribution in [0.15, 0.2) is 52.3 Å². The molecule has 1 aliphatic carbocycles. The molecule has 2 aromatic carbocycles. The number of anilines is 1. The molecule has 1 saturated carbocycles. The van der Waals surface area contributed by atoms with E-state index in [0.717, 1.165) is 30.0 Å². The van der Waals surface area contributed by atoms with Crippen LogP contribution in [0.5, 0.6) is 0 Å². The Morgan fingerprint density at radius 2 is 1.53 bits per heavy atom. The van der Waals surface area contributed by atoms with Gasteiger partial charge in [-0.2, -0.15) is 0 Å². The van der Waals surface area contributed by atoms with Gasteiger partial charge in [0.2, 0.25) is 20.0 Å². The zero-order chi connectivity index (χ0) is 26.1. The Hall–Kier alpha value is -1.76. The molecule has 2 atom stereocenters. The fourth-order valence-electron chi connectivity index (χ4n) is 4.99. The van der Waals surface area contributed by atoms with E-state index in [9.17, 15) is 21.2 Å². The number of halogens is 2. The van der Waals surface area contributed by atoms with Crippen molar-refractivity contribution in [3.05, 3.63) is 53.3 Å². The number of hydrogen-bond acceptors (Lipinski definition) is 6. The van der Waals surface area contributed by atoms with Gasteiger partial charge in [0.05, 0.1) is 15.5 Å². The van der Waals surface area contributed by atoms with Crippen LogP contribution in [-0.2, 0) is 20.0 Å². The minimum absolute atomic E-state index is 0.0348. The first-order valence-electron chi connectivity index (χ1n) is 12.0. The monoisotopic (exact) mass is 558 g/mol. The predicted octanol–water partition coefficient (Wildman–Crippen LogP) is 3.14. The average Bonchev–Trinajstić information content (AvgIpc) is 2.84. The van der Waals surface area contributed by atoms with Crippen LogP contribution < -0.4 is 9.62 Å². The molecule has 2 aromatic rings. The molecular weight excluding hydrogens is 527 g/mol. The topological polar surface area (TPSA) is 90.0 Å². The summed E-state index contributed by atoms with van der Waals surface area (Å²) in [6.45, 7) is 2.66. The maximum Gasteiger partial charge on any atom is 0.242 e. The highest BCUT2D eigenvalue weighted by molar-refractivity contribution is 7.89. The third-order valence-corrected chi connectivity index (χ3v) is 10.6. The van der Waals surface area contributed by atoms with Crippen LogP contribution in [-0.4, -0.2) is 78.4 Å². The van der Waals surface area contributed by atoms with Gasteiger partial charge in [-0.1, -0.05) is 24.4 Å². The summed E-state index contributed by atoms with van der Waals surface area (Å²) in [5.41, 5.74) is 0.527. The van der Waals surface area contributed by atoms with E-state index in [1.165, 1.54) is 44.4 Å². The second kappa shape index (κ2) is 10.9. The van der Waals surface area contributed by atoms with Crippen molar-refractivity contribution >= 4 is 37.3 Å². The van der Waals surface area contributed by atoms with Gasteiger partial charge in [0.1, 0.15) is 5.82 Å². The first-order chi connectivity index (χ1) is 17.0. The molecule has 1 aliphatic heterocycles. The van der Waals surface area contributed by atoms with Crippen LogP contribution in [0.3, 0.4) is 0 Å². The standard InChI is InChI=1S/C24H32ClFN4O4S2/c1-28(2)36(33,34)20-10-8-19(9-11-20)35(31,32)27-22-5-3-4-6-24(22)30-15-13-29(14-16-30)23-12-7-18(25)17-21(23)26/h7-12,17,22,24,27H,3-6,13-16H2,1-2H3/t22-,24-/m0/s1. The van der Waals surface area contributed by atoms with Crippen LogP contribution in [0.2, 0.25) is 5.02 Å². The highest BCUT2D eigenvalue weighted by Crippen LogP contribution is 2.29. The molecule has 0 aromatic heterocycles. The fourth-order valence-corrected chi connectivity index (χ4v) is 7.35. The van der Waals surface area contributed by atoms with Gasteiger partial charge in [0, 0.05) is 57.4 Å². The molecule has 8 nitrogen and oxygen atoms in total. The van der Waals surface area contributed by atoms with Crippen molar-refractivity contribution in [2.24, 2.45) is 0 Å². The van der Waals surface area contributed by atoms with E-state index < -0.39 is 20.0 Å². The van der Waals surface area contributed by atoms with Gasteiger partial charge in [-0.25, -0.2) is 30.3 Å². The van der Waals surface area contributed by atoms with Crippen molar-refractivity contribution in [1.29, 1.82) is 0 Å². The minimum Gasteiger partial charge on any atom is -0.367 e. The Morgan fingerprint density at radius 3 is 2.14 bits per heavy atom. The predicted molar refractivity (Wildman–Crippen MR) is 139 cm³/mol. The second-order valence-electron chi connectivity index (χ2n) is 9.46. The molecule has 0 spiro atoms. The van der Waals surface area contributed by atoms with E-state index in [2.05, 4.69) is 9.62 Å². The van der Waals surface area contributed by atoms with Crippen molar-refractivity contribution < 1.29 is 21.2 Å². The van der Waals surface area contributed by atoms with Gasteiger partial charge in [0.25, 0.3) is 0 Å². The summed E-state index contributed by atoms with van der Waals surface area (Å²) >= 11 is 5.88. The van der Waals surface area contributed by atoms with Gasteiger partial charge in [-0.05, 0) is 55.3 Å². The van der Waals surface area contributed by atoms with Crippen molar-refractivity contribution in [1.82, 2.24) is 13.9 Å². The van der Waals surface area contributed by atoms with Gasteiger partial charge in [-0.15, -0.1) is 0 Å². The number of nitrogens with zero attached hydrogens (tertiary/aromatic N) is 3. The number of sulfonamides is 2. The SMILES string of the molecule is CN(C)S(=O)(=O)c1ccc(S(=O)(=O)N[C@H]2CCCC[C@@H]2N2CCN(c3ccc(Cl)cc3F)CC2)cc1. The van der Waals surface area contributed by atoms with E-state index in [-0.39, 0.29) is 27.7 Å². The van der Waals surface area contributed by atoms with E-state index in [1.54, 1.807) is 12.1 Å². The lowest BCUT2D eigenvalue weighted by Crippen LogP contribution is -2.58. The summed E-state index contributed by atoms with van der Waals surface area (Å²) < 4.78 is 69.3. The van der Waals surface area contributed by atoms with Crippen LogP contribution in [0.4, 0.5) is 10.1 Å². The first-order valence-corrected chi connectivity index (χ1v) is 15.3. The average molecular weight is 559 g/mol. The minimum atomic E-state index is -3.84. The Labute approximate surface area is 218 Å². The molecule has 0 unspecified atom stereocenters. The zero-order valence-electron chi connectivity index (χ0n) is 20.4. The molecular formula is C24H32ClFN4O4S2. The van der Waals surface area contributed by atoms with Gasteiger partial charge in [-0.3, -0.25) is 4.90 Å². The number of piperazine rings is 1. The van der Waals surface area contributed by atoms with E-state index in [4.69, 9.17) is 11.6 Å². The first kappa shape index (κ1) is 27.3. The summed E-state index contributed by atoms with van der Waals surface area (Å²) in [5.74, 6) is -0.344. The van der Waals surface area contributed by atoms with Crippen molar-refractivity contribution in [3.8, 4) is 0 Å². The maximum absolute atomic E-state index is 14.4. The highest BCUT2D eigenvalue weighted by atomic mass is 35.5. The number of benzene rings is 2. The van der Waals surface area contributed by atoms with Gasteiger partial charge >= 0.3 is 0 Å². The summed E-state index contributed by atoms with van der Waals surface area (Å²) in [6, 6.07) is 9.77. The molecule has 1 N–H and O–H groups in total. The molecule has 2 aliphatic rings. The Bertz CT molecular complexity index is 1280. The maximum atomic E-state index is 14.4. The van der Waals surface area contributed by atoms with Crippen molar-refractivity contribution in [3.63, 3.8) is 0 Å². The fraction of sp³-hybridized carbons (Fsp3) is 0.500. The summed E-state index contributed by atoms with van der Waals surface area (Å²) in [4.78, 5) is 4.36. The van der Waals surface area contributed by atoms with E-state index in [0.29, 0.717) is 36.9 Å². The molecule has 36 heavy (non-hydrogen) atoms. The second-order valence-corrected chi connectivity index (χ2v) is 13.8. The molecule has 4 rings (SSSR count). The van der Waals surface area contributed by atoms with E-state index in [1.807, 2.05) is 4.90 Å². The quantitative estimate of drug-likeness (QED) is 0.561. The smallest absolute Gasteiger partial charge is 0.242 e. The number of hydrogen-bond donors (Lipinski definition) is 1. The largest absolute Gasteiger partial charge is 0.367 e. The van der Waals surface area contributed by atoms with Crippen LogP contribution in [0.1, 0.15) is 25.7 Å². The number of nitrogens with one attached hydrogen (secondary N) is 1. The molecule has 12 heteroatoms. The molecule has 1 heterocycles. The van der Waals surface area contributed by atoms with Crippen molar-refractivity contribution in [2.75, 3.05) is 45.2 Å². The summed E-state index contributed by atoms with van der Waals surface area (Å²) in [6.07, 6.45) is 3.55. The van der Waals surface area contributed by atoms with Crippen molar-refractivity contribution in [2.45, 2.75) is 47.6 Å². The molecule has 0 radical (unpaired) electrons. The third-order valence-electron chi connectivity index (χ3n) is 6.98. The molecule has 198 valence electrons. The molecule has 2 fully saturated rings. The number of rotatable bonds is 7. The lowest BCUT2D eigenvalue weighted by molar-refractivity contribution is 0.124. The molecule has 0 bridgehead atoms. The molecule has 1 saturated heterocycles. The normalized spacial score (nSPS) is 22.2.